The minimum atomic E-state index is 0.00182. The lowest BCUT2D eigenvalue weighted by Crippen LogP contribution is -2.12. The van der Waals surface area contributed by atoms with Crippen LogP contribution in [-0.2, 0) is 10.8 Å². The number of para-hydroxylation sites is 1. The number of fused-ring (bicyclic) bond motifs is 6. The van der Waals surface area contributed by atoms with Crippen LogP contribution in [0.2, 0.25) is 0 Å². The van der Waals surface area contributed by atoms with Gasteiger partial charge in [-0.1, -0.05) is 71.9 Å². The number of nitrogens with zero attached hydrogens (tertiary/aromatic N) is 6. The van der Waals surface area contributed by atoms with Gasteiger partial charge in [0.15, 0.2) is 5.82 Å². The molecule has 0 saturated carbocycles. The predicted molar refractivity (Wildman–Crippen MR) is 200 cm³/mol. The monoisotopic (exact) mass is 631 g/mol. The number of anilines is 1. The summed E-state index contributed by atoms with van der Waals surface area (Å²) in [5, 5.41) is 12.4. The molecule has 0 atom stereocenters. The SMILES string of the molecule is CN(C)c1cc(-c2ccc3c4cc(C(C)(C)C)ccc4n(-c4ccc5c6ccccc6n(-c6cc(C(C)(C)C)ccn6)c5c4)c3n2)[nH]n1. The lowest BCUT2D eigenvalue weighted by atomic mass is 9.86. The molecule has 7 nitrogen and oxygen atoms in total. The summed E-state index contributed by atoms with van der Waals surface area (Å²) in [6, 6.07) is 32.9. The highest BCUT2D eigenvalue weighted by Gasteiger charge is 2.22. The summed E-state index contributed by atoms with van der Waals surface area (Å²) < 4.78 is 4.62. The summed E-state index contributed by atoms with van der Waals surface area (Å²) in [4.78, 5) is 12.2. The molecule has 7 heteroatoms. The second-order valence-electron chi connectivity index (χ2n) is 15.1. The van der Waals surface area contributed by atoms with E-state index in [1.54, 1.807) is 0 Å². The van der Waals surface area contributed by atoms with E-state index >= 15 is 0 Å². The number of pyridine rings is 2. The van der Waals surface area contributed by atoms with Gasteiger partial charge in [-0.25, -0.2) is 9.97 Å². The van der Waals surface area contributed by atoms with Gasteiger partial charge in [-0.2, -0.15) is 5.10 Å². The molecule has 3 aromatic carbocycles. The van der Waals surface area contributed by atoms with Crippen LogP contribution in [0.4, 0.5) is 5.82 Å². The highest BCUT2D eigenvalue weighted by Crippen LogP contribution is 2.38. The first-order chi connectivity index (χ1) is 22.9. The molecular formula is C41H41N7. The number of aromatic nitrogens is 6. The zero-order chi connectivity index (χ0) is 33.5. The minimum absolute atomic E-state index is 0.00182. The minimum Gasteiger partial charge on any atom is -0.361 e. The van der Waals surface area contributed by atoms with Gasteiger partial charge in [0, 0.05) is 53.6 Å². The molecule has 8 aromatic rings. The second-order valence-corrected chi connectivity index (χ2v) is 15.1. The molecule has 5 heterocycles. The maximum Gasteiger partial charge on any atom is 0.150 e. The van der Waals surface area contributed by atoms with E-state index in [9.17, 15) is 0 Å². The molecule has 5 aromatic heterocycles. The second kappa shape index (κ2) is 10.5. The van der Waals surface area contributed by atoms with Gasteiger partial charge >= 0.3 is 0 Å². The van der Waals surface area contributed by atoms with Crippen LogP contribution in [0.5, 0.6) is 0 Å². The predicted octanol–water partition coefficient (Wildman–Crippen LogP) is 9.72. The Bertz CT molecular complexity index is 2510. The summed E-state index contributed by atoms with van der Waals surface area (Å²) >= 11 is 0. The van der Waals surface area contributed by atoms with Gasteiger partial charge < -0.3 is 4.90 Å². The van der Waals surface area contributed by atoms with Crippen molar-refractivity contribution in [3.63, 3.8) is 0 Å². The summed E-state index contributed by atoms with van der Waals surface area (Å²) in [7, 11) is 3.98. The Labute approximate surface area is 280 Å². The molecular weight excluding hydrogens is 591 g/mol. The quantitative estimate of drug-likeness (QED) is 0.210. The maximum absolute atomic E-state index is 5.32. The van der Waals surface area contributed by atoms with Gasteiger partial charge in [0.05, 0.1) is 27.9 Å². The third kappa shape index (κ3) is 4.76. The summed E-state index contributed by atoms with van der Waals surface area (Å²) in [5.41, 5.74) is 9.61. The van der Waals surface area contributed by atoms with E-state index in [0.717, 1.165) is 56.3 Å². The van der Waals surface area contributed by atoms with Crippen LogP contribution in [0.15, 0.2) is 97.2 Å². The van der Waals surface area contributed by atoms with Crippen molar-refractivity contribution in [2.75, 3.05) is 19.0 Å². The fraction of sp³-hybridized carbons (Fsp3) is 0.244. The van der Waals surface area contributed by atoms with Crippen molar-refractivity contribution in [2.45, 2.75) is 52.4 Å². The van der Waals surface area contributed by atoms with Crippen molar-refractivity contribution in [1.82, 2.24) is 29.3 Å². The van der Waals surface area contributed by atoms with E-state index in [4.69, 9.17) is 9.97 Å². The van der Waals surface area contributed by atoms with Gasteiger partial charge in [0.1, 0.15) is 11.5 Å². The van der Waals surface area contributed by atoms with Crippen LogP contribution >= 0.6 is 0 Å². The first-order valence-corrected chi connectivity index (χ1v) is 16.6. The molecule has 0 aliphatic carbocycles. The Morgan fingerprint density at radius 2 is 1.33 bits per heavy atom. The zero-order valence-corrected chi connectivity index (χ0v) is 28.9. The van der Waals surface area contributed by atoms with Crippen molar-refractivity contribution in [2.24, 2.45) is 0 Å². The number of hydrogen-bond donors (Lipinski definition) is 1. The summed E-state index contributed by atoms with van der Waals surface area (Å²) in [6.07, 6.45) is 1.93. The average molecular weight is 632 g/mol. The Kier molecular flexibility index (Phi) is 6.57. The molecule has 48 heavy (non-hydrogen) atoms. The summed E-state index contributed by atoms with van der Waals surface area (Å²) in [6.45, 7) is 13.5. The molecule has 0 radical (unpaired) electrons. The first-order valence-electron chi connectivity index (χ1n) is 16.6. The van der Waals surface area contributed by atoms with E-state index in [1.807, 2.05) is 31.3 Å². The normalized spacial score (nSPS) is 12.6. The fourth-order valence-corrected chi connectivity index (χ4v) is 6.79. The van der Waals surface area contributed by atoms with Crippen molar-refractivity contribution >= 4 is 49.6 Å². The Morgan fingerprint density at radius 1 is 0.625 bits per heavy atom. The lowest BCUT2D eigenvalue weighted by Gasteiger charge is -2.20. The van der Waals surface area contributed by atoms with Crippen molar-refractivity contribution in [3.05, 3.63) is 108 Å². The topological polar surface area (TPSA) is 67.6 Å². The highest BCUT2D eigenvalue weighted by molar-refractivity contribution is 6.11. The Hall–Kier alpha value is -5.43. The van der Waals surface area contributed by atoms with Gasteiger partial charge in [-0.3, -0.25) is 14.2 Å². The number of benzene rings is 3. The van der Waals surface area contributed by atoms with Crippen LogP contribution in [0, 0.1) is 0 Å². The molecule has 0 bridgehead atoms. The van der Waals surface area contributed by atoms with Gasteiger partial charge in [-0.15, -0.1) is 0 Å². The van der Waals surface area contributed by atoms with E-state index < -0.39 is 0 Å². The fourth-order valence-electron chi connectivity index (χ4n) is 6.79. The van der Waals surface area contributed by atoms with E-state index in [-0.39, 0.29) is 10.8 Å². The number of rotatable bonds is 4. The molecule has 0 unspecified atom stereocenters. The number of H-pyrrole nitrogens is 1. The average Bonchev–Trinajstić information content (AvgIpc) is 3.76. The lowest BCUT2D eigenvalue weighted by molar-refractivity contribution is 0.588. The smallest absolute Gasteiger partial charge is 0.150 e. The van der Waals surface area contributed by atoms with Crippen molar-refractivity contribution in [1.29, 1.82) is 0 Å². The highest BCUT2D eigenvalue weighted by atomic mass is 15.2. The maximum atomic E-state index is 5.32. The van der Waals surface area contributed by atoms with E-state index in [2.05, 4.69) is 146 Å². The molecule has 0 aliphatic heterocycles. The van der Waals surface area contributed by atoms with Gasteiger partial charge in [0.25, 0.3) is 0 Å². The standard InChI is InChI=1S/C41H41N7/c1-40(2,3)25-13-18-35-31(21-25)30-16-17-32(33-24-38(45-44-33)46(7)8)43-39(30)47(35)27-14-15-29-28-11-9-10-12-34(28)48(36(29)23-27)37-22-26(19-20-42-37)41(4,5)6/h9-24H,1-8H3,(H,44,45). The molecule has 0 aliphatic rings. The van der Waals surface area contributed by atoms with Crippen LogP contribution in [0.25, 0.3) is 66.6 Å². The third-order valence-corrected chi connectivity index (χ3v) is 9.54. The molecule has 0 amide bonds. The van der Waals surface area contributed by atoms with E-state index in [0.29, 0.717) is 0 Å². The van der Waals surface area contributed by atoms with Crippen LogP contribution in [-0.4, -0.2) is 43.4 Å². The Morgan fingerprint density at radius 3 is 2.08 bits per heavy atom. The number of aromatic amines is 1. The third-order valence-electron chi connectivity index (χ3n) is 9.54. The molecule has 240 valence electrons. The van der Waals surface area contributed by atoms with Gasteiger partial charge in [-0.05, 0) is 76.6 Å². The number of nitrogens with one attached hydrogen (secondary N) is 1. The zero-order valence-electron chi connectivity index (χ0n) is 28.9. The first kappa shape index (κ1) is 29.9. The van der Waals surface area contributed by atoms with Crippen LogP contribution in [0.1, 0.15) is 52.7 Å². The molecule has 0 spiro atoms. The summed E-state index contributed by atoms with van der Waals surface area (Å²) in [5.74, 6) is 1.78. The van der Waals surface area contributed by atoms with Gasteiger partial charge in [0.2, 0.25) is 0 Å². The molecule has 0 fully saturated rings. The van der Waals surface area contributed by atoms with Crippen molar-refractivity contribution < 1.29 is 0 Å². The Balaban J connectivity index is 1.42. The molecule has 8 rings (SSSR count). The molecule has 1 N–H and O–H groups in total. The molecule has 0 saturated heterocycles. The van der Waals surface area contributed by atoms with Crippen molar-refractivity contribution in [3.8, 4) is 22.9 Å². The van der Waals surface area contributed by atoms with Crippen LogP contribution < -0.4 is 4.90 Å². The largest absolute Gasteiger partial charge is 0.361 e. The van der Waals surface area contributed by atoms with Crippen LogP contribution in [0.3, 0.4) is 0 Å². The number of hydrogen-bond acceptors (Lipinski definition) is 4. The van der Waals surface area contributed by atoms with E-state index in [1.165, 1.54) is 27.3 Å².